The molecule has 1 aromatic carbocycles. The molecule has 8 heteroatoms. The molecule has 0 saturated carbocycles. The van der Waals surface area contributed by atoms with Crippen LogP contribution in [0, 0.1) is 6.92 Å². The van der Waals surface area contributed by atoms with Crippen LogP contribution in [0.2, 0.25) is 5.02 Å². The average molecular weight is 328 g/mol. The third-order valence-corrected chi connectivity index (χ3v) is 4.54. The van der Waals surface area contributed by atoms with Crippen LogP contribution in [-0.4, -0.2) is 18.9 Å². The van der Waals surface area contributed by atoms with Gasteiger partial charge in [0.15, 0.2) is 0 Å². The van der Waals surface area contributed by atoms with Crippen molar-refractivity contribution < 1.29 is 13.2 Å². The van der Waals surface area contributed by atoms with Crippen LogP contribution >= 0.6 is 11.6 Å². The van der Waals surface area contributed by atoms with E-state index in [4.69, 9.17) is 11.6 Å². The number of amides is 1. The number of halogens is 1. The summed E-state index contributed by atoms with van der Waals surface area (Å²) < 4.78 is 25.9. The zero-order valence-corrected chi connectivity index (χ0v) is 13.0. The van der Waals surface area contributed by atoms with Crippen LogP contribution in [0.15, 0.2) is 41.4 Å². The van der Waals surface area contributed by atoms with Crippen LogP contribution in [0.3, 0.4) is 0 Å². The van der Waals surface area contributed by atoms with E-state index in [0.717, 1.165) is 0 Å². The Balaban J connectivity index is 2.17. The van der Waals surface area contributed by atoms with Crippen LogP contribution in [0.4, 0.5) is 0 Å². The summed E-state index contributed by atoms with van der Waals surface area (Å²) in [4.78, 5) is 13.9. The molecule has 1 amide bonds. The Labute approximate surface area is 127 Å². The van der Waals surface area contributed by atoms with Gasteiger partial charge in [0.2, 0.25) is 0 Å². The van der Waals surface area contributed by atoms with Gasteiger partial charge >= 0.3 is 0 Å². The van der Waals surface area contributed by atoms with Gasteiger partial charge in [0.25, 0.3) is 15.9 Å². The number of aromatic nitrogens is 1. The molecule has 1 heterocycles. The minimum absolute atomic E-state index is 0.0159. The van der Waals surface area contributed by atoms with E-state index in [9.17, 15) is 13.2 Å². The maximum absolute atomic E-state index is 12.2. The Morgan fingerprint density at radius 1 is 1.29 bits per heavy atom. The number of hydrazine groups is 1. The van der Waals surface area contributed by atoms with Gasteiger partial charge in [-0.15, -0.1) is 4.83 Å². The normalized spacial score (nSPS) is 11.4. The Morgan fingerprint density at radius 3 is 2.62 bits per heavy atom. The number of hydrogen-bond donors (Lipinski definition) is 2. The summed E-state index contributed by atoms with van der Waals surface area (Å²) >= 11 is 5.80. The van der Waals surface area contributed by atoms with Gasteiger partial charge in [0.1, 0.15) is 5.69 Å². The molecule has 0 fully saturated rings. The van der Waals surface area contributed by atoms with E-state index in [2.05, 4.69) is 10.3 Å². The second kappa shape index (κ2) is 5.88. The van der Waals surface area contributed by atoms with Crippen molar-refractivity contribution in [2.75, 3.05) is 0 Å². The summed E-state index contributed by atoms with van der Waals surface area (Å²) in [6.07, 6.45) is 1.69. The van der Waals surface area contributed by atoms with E-state index in [1.807, 2.05) is 0 Å². The molecular formula is C13H14ClN3O3S. The van der Waals surface area contributed by atoms with Crippen molar-refractivity contribution in [3.63, 3.8) is 0 Å². The highest BCUT2D eigenvalue weighted by atomic mass is 35.5. The predicted molar refractivity (Wildman–Crippen MR) is 79.4 cm³/mol. The maximum Gasteiger partial charge on any atom is 0.282 e. The lowest BCUT2D eigenvalue weighted by Gasteiger charge is -2.11. The fraction of sp³-hybridized carbons (Fsp3) is 0.154. The summed E-state index contributed by atoms with van der Waals surface area (Å²) in [5.41, 5.74) is 3.03. The molecule has 0 saturated heterocycles. The van der Waals surface area contributed by atoms with Crippen molar-refractivity contribution in [3.05, 3.63) is 52.8 Å². The highest BCUT2D eigenvalue weighted by Crippen LogP contribution is 2.19. The minimum Gasteiger partial charge on any atom is -0.347 e. The van der Waals surface area contributed by atoms with Crippen molar-refractivity contribution in [1.82, 2.24) is 14.8 Å². The zero-order valence-electron chi connectivity index (χ0n) is 11.4. The molecule has 2 N–H and O–H groups in total. The first kappa shape index (κ1) is 15.6. The molecule has 6 nitrogen and oxygen atoms in total. The third kappa shape index (κ3) is 3.44. The third-order valence-electron chi connectivity index (χ3n) is 2.92. The Kier molecular flexibility index (Phi) is 4.36. The molecule has 1 aromatic heterocycles. The van der Waals surface area contributed by atoms with Gasteiger partial charge in [-0.2, -0.15) is 0 Å². The van der Waals surface area contributed by atoms with Crippen molar-refractivity contribution in [2.24, 2.45) is 7.05 Å². The van der Waals surface area contributed by atoms with E-state index in [0.29, 0.717) is 16.3 Å². The van der Waals surface area contributed by atoms with Crippen LogP contribution in [0.25, 0.3) is 0 Å². The Hall–Kier alpha value is -1.83. The average Bonchev–Trinajstić information content (AvgIpc) is 2.85. The van der Waals surface area contributed by atoms with Crippen LogP contribution < -0.4 is 10.3 Å². The number of aryl methyl sites for hydroxylation is 2. The van der Waals surface area contributed by atoms with Gasteiger partial charge < -0.3 is 4.57 Å². The lowest BCUT2D eigenvalue weighted by Crippen LogP contribution is -2.42. The largest absolute Gasteiger partial charge is 0.347 e. The fourth-order valence-electron chi connectivity index (χ4n) is 1.79. The van der Waals surface area contributed by atoms with E-state index in [1.54, 1.807) is 49.0 Å². The first-order valence-corrected chi connectivity index (χ1v) is 7.87. The van der Waals surface area contributed by atoms with E-state index in [1.165, 1.54) is 6.07 Å². The molecule has 21 heavy (non-hydrogen) atoms. The van der Waals surface area contributed by atoms with Gasteiger partial charge in [-0.3, -0.25) is 10.2 Å². The van der Waals surface area contributed by atoms with Gasteiger partial charge in [-0.1, -0.05) is 17.7 Å². The SMILES string of the molecule is Cc1ccc(Cl)cc1S(=O)(=O)NNC(=O)c1cccn1C. The molecule has 0 radical (unpaired) electrons. The van der Waals surface area contributed by atoms with E-state index >= 15 is 0 Å². The smallest absolute Gasteiger partial charge is 0.282 e. The summed E-state index contributed by atoms with van der Waals surface area (Å²) in [6.45, 7) is 1.64. The second-order valence-corrected chi connectivity index (χ2v) is 6.56. The number of nitrogens with one attached hydrogen (secondary N) is 2. The molecule has 0 unspecified atom stereocenters. The number of rotatable bonds is 4. The molecule has 0 atom stereocenters. The predicted octanol–water partition coefficient (Wildman–Crippen LogP) is 1.61. The molecule has 0 aliphatic rings. The van der Waals surface area contributed by atoms with Crippen molar-refractivity contribution in [2.45, 2.75) is 11.8 Å². The number of hydrogen-bond acceptors (Lipinski definition) is 3. The summed E-state index contributed by atoms with van der Waals surface area (Å²) in [7, 11) is -2.20. The molecule has 2 aromatic rings. The quantitative estimate of drug-likeness (QED) is 0.837. The summed E-state index contributed by atoms with van der Waals surface area (Å²) in [5.74, 6) is -0.550. The van der Waals surface area contributed by atoms with E-state index in [-0.39, 0.29) is 4.90 Å². The fourth-order valence-corrected chi connectivity index (χ4v) is 3.14. The molecule has 0 aliphatic carbocycles. The zero-order chi connectivity index (χ0) is 15.6. The number of nitrogens with zero attached hydrogens (tertiary/aromatic N) is 1. The first-order valence-electron chi connectivity index (χ1n) is 6.01. The minimum atomic E-state index is -3.89. The molecule has 2 rings (SSSR count). The standard InChI is InChI=1S/C13H14ClN3O3S/c1-9-5-6-10(14)8-12(9)21(19,20)16-15-13(18)11-4-3-7-17(11)2/h3-8,16H,1-2H3,(H,15,18). The van der Waals surface area contributed by atoms with E-state index < -0.39 is 15.9 Å². The number of benzene rings is 1. The Morgan fingerprint density at radius 2 is 2.00 bits per heavy atom. The molecule has 112 valence electrons. The van der Waals surface area contributed by atoms with Crippen molar-refractivity contribution in [1.29, 1.82) is 0 Å². The summed E-state index contributed by atoms with van der Waals surface area (Å²) in [6, 6.07) is 7.78. The topological polar surface area (TPSA) is 80.2 Å². The molecule has 0 aliphatic heterocycles. The maximum atomic E-state index is 12.2. The summed E-state index contributed by atoms with van der Waals surface area (Å²) in [5, 5.41) is 0.301. The molecular weight excluding hydrogens is 314 g/mol. The number of carbonyl (C=O) groups is 1. The lowest BCUT2D eigenvalue weighted by molar-refractivity contribution is 0.0937. The number of carbonyl (C=O) groups excluding carboxylic acids is 1. The Bertz CT molecular complexity index is 784. The monoisotopic (exact) mass is 327 g/mol. The van der Waals surface area contributed by atoms with Gasteiger partial charge in [-0.05, 0) is 36.8 Å². The second-order valence-electron chi connectivity index (χ2n) is 4.47. The van der Waals surface area contributed by atoms with Gasteiger partial charge in [0.05, 0.1) is 4.90 Å². The van der Waals surface area contributed by atoms with Crippen LogP contribution in [0.5, 0.6) is 0 Å². The first-order chi connectivity index (χ1) is 9.81. The van der Waals surface area contributed by atoms with Crippen LogP contribution in [-0.2, 0) is 17.1 Å². The molecule has 0 spiro atoms. The van der Waals surface area contributed by atoms with Crippen molar-refractivity contribution in [3.8, 4) is 0 Å². The number of sulfonamides is 1. The lowest BCUT2D eigenvalue weighted by atomic mass is 10.2. The van der Waals surface area contributed by atoms with Crippen molar-refractivity contribution >= 4 is 27.5 Å². The van der Waals surface area contributed by atoms with Gasteiger partial charge in [0, 0.05) is 18.3 Å². The highest BCUT2D eigenvalue weighted by molar-refractivity contribution is 7.89. The van der Waals surface area contributed by atoms with Crippen LogP contribution in [0.1, 0.15) is 16.1 Å². The van der Waals surface area contributed by atoms with Gasteiger partial charge in [-0.25, -0.2) is 8.42 Å². The highest BCUT2D eigenvalue weighted by Gasteiger charge is 2.19. The molecule has 0 bridgehead atoms.